The van der Waals surface area contributed by atoms with E-state index in [0.29, 0.717) is 38.0 Å². The van der Waals surface area contributed by atoms with Crippen LogP contribution in [0.1, 0.15) is 241 Å². The zero-order valence-electron chi connectivity index (χ0n) is 42.7. The number of rotatable bonds is 33. The van der Waals surface area contributed by atoms with Gasteiger partial charge in [0.2, 0.25) is 11.8 Å². The van der Waals surface area contributed by atoms with Crippen LogP contribution in [0.3, 0.4) is 0 Å². The third-order valence-electron chi connectivity index (χ3n) is 17.3. The molecule has 0 aromatic heterocycles. The topological polar surface area (TPSA) is 114 Å². The lowest BCUT2D eigenvalue weighted by Gasteiger charge is -2.58. The summed E-state index contributed by atoms with van der Waals surface area (Å²) in [4.78, 5) is 40.8. The molecule has 0 radical (unpaired) electrons. The summed E-state index contributed by atoms with van der Waals surface area (Å²) in [5.41, 5.74) is 7.90. The zero-order chi connectivity index (χ0) is 46.2. The normalized spacial score (nSPS) is 26.7. The standard InChI is InChI=1S/C56H102N4O4/c1-7-8-9-10-11-12-13-14-15-16-17-18-19-20-21-22-29-53(62)60(43-52(61)58-40-26-38-57)41-24-23-39-59-54(63)64-47-34-36-55(5)46(42-47)30-31-48-50-33-32-49(45(4)28-25-27-44(2)3)56(50,6)37-35-51(48)55/h30,44-45,47-51H,7-29,31-43,57H2,1-6H3,(H,58,61)(H,59,63)/t45-,47+,48+,49-,50+,51+,55+,56-/m1/s1. The fourth-order valence-electron chi connectivity index (χ4n) is 13.4. The summed E-state index contributed by atoms with van der Waals surface area (Å²) >= 11 is 0. The van der Waals surface area contributed by atoms with E-state index >= 15 is 0 Å². The van der Waals surface area contributed by atoms with E-state index in [2.05, 4.69) is 58.3 Å². The van der Waals surface area contributed by atoms with Gasteiger partial charge in [-0.1, -0.05) is 169 Å². The molecule has 370 valence electrons. The number of fused-ring (bicyclic) bond motifs is 5. The van der Waals surface area contributed by atoms with Crippen LogP contribution in [0.15, 0.2) is 11.6 Å². The molecule has 0 aromatic rings. The molecule has 0 heterocycles. The molecular weight excluding hydrogens is 793 g/mol. The second-order valence-corrected chi connectivity index (χ2v) is 22.6. The molecule has 3 fully saturated rings. The van der Waals surface area contributed by atoms with Gasteiger partial charge in [0.05, 0.1) is 6.54 Å². The molecule has 0 spiro atoms. The lowest BCUT2D eigenvalue weighted by molar-refractivity contribution is -0.136. The molecule has 0 aromatic carbocycles. The summed E-state index contributed by atoms with van der Waals surface area (Å²) in [6.45, 7) is 16.9. The maximum atomic E-state index is 13.3. The lowest BCUT2D eigenvalue weighted by atomic mass is 9.47. The first-order chi connectivity index (χ1) is 30.9. The highest BCUT2D eigenvalue weighted by Crippen LogP contribution is 2.67. The van der Waals surface area contributed by atoms with Gasteiger partial charge in [-0.15, -0.1) is 0 Å². The van der Waals surface area contributed by atoms with E-state index in [1.807, 2.05) is 0 Å². The van der Waals surface area contributed by atoms with Crippen molar-refractivity contribution in [2.24, 2.45) is 52.1 Å². The quantitative estimate of drug-likeness (QED) is 0.0448. The summed E-state index contributed by atoms with van der Waals surface area (Å²) < 4.78 is 6.06. The van der Waals surface area contributed by atoms with Gasteiger partial charge in [-0.25, -0.2) is 4.79 Å². The molecule has 4 aliphatic rings. The number of allylic oxidation sites excluding steroid dienone is 1. The molecule has 3 amide bonds. The van der Waals surface area contributed by atoms with Crippen LogP contribution in [-0.4, -0.2) is 61.6 Å². The Kier molecular flexibility index (Phi) is 25.2. The number of carbonyl (C=O) groups excluding carboxylic acids is 3. The van der Waals surface area contributed by atoms with E-state index in [1.165, 1.54) is 141 Å². The fourth-order valence-corrected chi connectivity index (χ4v) is 13.4. The van der Waals surface area contributed by atoms with Gasteiger partial charge in [0.15, 0.2) is 0 Å². The van der Waals surface area contributed by atoms with Crippen molar-refractivity contribution in [3.05, 3.63) is 11.6 Å². The Hall–Kier alpha value is -2.09. The van der Waals surface area contributed by atoms with E-state index in [4.69, 9.17) is 10.5 Å². The highest BCUT2D eigenvalue weighted by atomic mass is 16.6. The molecule has 0 aliphatic heterocycles. The molecular formula is C56H102N4O4. The molecule has 8 heteroatoms. The third kappa shape index (κ3) is 17.5. The van der Waals surface area contributed by atoms with Gasteiger partial charge in [0.1, 0.15) is 6.10 Å². The monoisotopic (exact) mass is 895 g/mol. The van der Waals surface area contributed by atoms with Crippen molar-refractivity contribution >= 4 is 17.9 Å². The van der Waals surface area contributed by atoms with Crippen LogP contribution in [0.5, 0.6) is 0 Å². The summed E-state index contributed by atoms with van der Waals surface area (Å²) in [5.74, 6) is 4.86. The number of unbranched alkanes of at least 4 members (excludes halogenated alkanes) is 16. The van der Waals surface area contributed by atoms with E-state index in [-0.39, 0.29) is 36.0 Å². The summed E-state index contributed by atoms with van der Waals surface area (Å²) in [6.07, 6.45) is 39.5. The molecule has 0 bridgehead atoms. The molecule has 0 saturated heterocycles. The van der Waals surface area contributed by atoms with Crippen LogP contribution in [0, 0.1) is 46.3 Å². The van der Waals surface area contributed by atoms with E-state index in [9.17, 15) is 14.4 Å². The highest BCUT2D eigenvalue weighted by molar-refractivity contribution is 5.84. The Labute approximate surface area is 394 Å². The van der Waals surface area contributed by atoms with Crippen molar-refractivity contribution in [3.8, 4) is 0 Å². The predicted octanol–water partition coefficient (Wildman–Crippen LogP) is 13.8. The number of carbonyl (C=O) groups is 3. The second kappa shape index (κ2) is 29.6. The Morgan fingerprint density at radius 2 is 1.38 bits per heavy atom. The maximum absolute atomic E-state index is 13.3. The van der Waals surface area contributed by atoms with Gasteiger partial charge in [-0.2, -0.15) is 0 Å². The molecule has 4 aliphatic carbocycles. The second-order valence-electron chi connectivity index (χ2n) is 22.6. The number of alkyl carbamates (subject to hydrolysis) is 1. The number of ether oxygens (including phenoxy) is 1. The number of amides is 3. The Bertz CT molecular complexity index is 1370. The summed E-state index contributed by atoms with van der Waals surface area (Å²) in [7, 11) is 0. The van der Waals surface area contributed by atoms with Gasteiger partial charge < -0.3 is 26.0 Å². The van der Waals surface area contributed by atoms with Crippen molar-refractivity contribution in [3.63, 3.8) is 0 Å². The summed E-state index contributed by atoms with van der Waals surface area (Å²) in [5, 5.41) is 5.92. The van der Waals surface area contributed by atoms with Gasteiger partial charge in [-0.3, -0.25) is 9.59 Å². The fraction of sp³-hybridized carbons (Fsp3) is 0.911. The molecule has 4 N–H and O–H groups in total. The van der Waals surface area contributed by atoms with Crippen LogP contribution in [0.2, 0.25) is 0 Å². The molecule has 4 rings (SSSR count). The van der Waals surface area contributed by atoms with E-state index in [1.54, 1.807) is 10.5 Å². The molecule has 0 unspecified atom stereocenters. The van der Waals surface area contributed by atoms with E-state index in [0.717, 1.165) is 86.9 Å². The van der Waals surface area contributed by atoms with Crippen molar-refractivity contribution in [2.75, 3.05) is 32.7 Å². The van der Waals surface area contributed by atoms with Crippen molar-refractivity contribution < 1.29 is 19.1 Å². The van der Waals surface area contributed by atoms with Gasteiger partial charge in [-0.05, 0) is 124 Å². The lowest BCUT2D eigenvalue weighted by Crippen LogP contribution is -2.51. The van der Waals surface area contributed by atoms with Crippen molar-refractivity contribution in [2.45, 2.75) is 247 Å². The SMILES string of the molecule is CCCCCCCCCCCCCCCCCCC(=O)N(CCCCNC(=O)O[C@H]1CC[C@@]2(C)C(=CC[C@H]3[C@@H]4CC[C@H]([C@H](C)CCCC(C)C)[C@@]4(C)CC[C@@H]32)C1)CC(=O)NCCCN. The average molecular weight is 895 g/mol. The molecule has 8 atom stereocenters. The largest absolute Gasteiger partial charge is 0.446 e. The zero-order valence-corrected chi connectivity index (χ0v) is 42.7. The maximum Gasteiger partial charge on any atom is 0.407 e. The van der Waals surface area contributed by atoms with Crippen LogP contribution in [0.25, 0.3) is 0 Å². The first-order valence-corrected chi connectivity index (χ1v) is 27.8. The van der Waals surface area contributed by atoms with Crippen molar-refractivity contribution in [1.29, 1.82) is 0 Å². The third-order valence-corrected chi connectivity index (χ3v) is 17.3. The molecule has 8 nitrogen and oxygen atoms in total. The number of hydrogen-bond donors (Lipinski definition) is 3. The number of hydrogen-bond acceptors (Lipinski definition) is 5. The predicted molar refractivity (Wildman–Crippen MR) is 268 cm³/mol. The van der Waals surface area contributed by atoms with Gasteiger partial charge >= 0.3 is 6.09 Å². The first kappa shape index (κ1) is 54.5. The van der Waals surface area contributed by atoms with Crippen molar-refractivity contribution in [1.82, 2.24) is 15.5 Å². The van der Waals surface area contributed by atoms with Gasteiger partial charge in [0, 0.05) is 32.5 Å². The summed E-state index contributed by atoms with van der Waals surface area (Å²) in [6, 6.07) is 0. The minimum Gasteiger partial charge on any atom is -0.446 e. The van der Waals surface area contributed by atoms with Crippen LogP contribution in [0.4, 0.5) is 4.79 Å². The number of nitrogens with one attached hydrogen (secondary N) is 2. The molecule has 3 saturated carbocycles. The van der Waals surface area contributed by atoms with Crippen LogP contribution in [-0.2, 0) is 14.3 Å². The Morgan fingerprint density at radius 3 is 2.02 bits per heavy atom. The molecule has 64 heavy (non-hydrogen) atoms. The number of nitrogens with two attached hydrogens (primary N) is 1. The minimum atomic E-state index is -0.327. The van der Waals surface area contributed by atoms with Crippen LogP contribution >= 0.6 is 0 Å². The average Bonchev–Trinajstić information content (AvgIpc) is 3.63. The minimum absolute atomic E-state index is 0.0520. The van der Waals surface area contributed by atoms with Crippen LogP contribution < -0.4 is 16.4 Å². The Morgan fingerprint density at radius 1 is 0.734 bits per heavy atom. The van der Waals surface area contributed by atoms with Gasteiger partial charge in [0.25, 0.3) is 0 Å². The smallest absolute Gasteiger partial charge is 0.407 e. The Balaban J connectivity index is 1.11. The highest BCUT2D eigenvalue weighted by Gasteiger charge is 2.59. The van der Waals surface area contributed by atoms with E-state index < -0.39 is 0 Å². The number of nitrogens with zero attached hydrogens (tertiary/aromatic N) is 1. The first-order valence-electron chi connectivity index (χ1n) is 27.8.